The maximum atomic E-state index is 12.6. The van der Waals surface area contributed by atoms with Gasteiger partial charge in [0.1, 0.15) is 11.2 Å². The molecule has 1 fully saturated rings. The third kappa shape index (κ3) is 2.49. The molecule has 1 aromatic carbocycles. The number of rotatable bonds is 2. The van der Waals surface area contributed by atoms with Gasteiger partial charge in [-0.1, -0.05) is 32.4 Å². The molecule has 0 radical (unpaired) electrons. The number of ketones is 1. The third-order valence-corrected chi connectivity index (χ3v) is 4.09. The normalized spacial score (nSPS) is 25.8. The summed E-state index contributed by atoms with van der Waals surface area (Å²) in [6.07, 6.45) is 2.74. The van der Waals surface area contributed by atoms with Gasteiger partial charge < -0.3 is 5.11 Å². The Bertz CT molecular complexity index is 542. The van der Waals surface area contributed by atoms with Gasteiger partial charge >= 0.3 is 0 Å². The Morgan fingerprint density at radius 1 is 1.37 bits per heavy atom. The Morgan fingerprint density at radius 3 is 2.74 bits per heavy atom. The molecule has 1 saturated carbocycles. The van der Waals surface area contributed by atoms with Crippen LogP contribution in [0.15, 0.2) is 24.3 Å². The molecule has 0 spiro atoms. The average Bonchev–Trinajstić information content (AvgIpc) is 2.35. The summed E-state index contributed by atoms with van der Waals surface area (Å²) < 4.78 is 0. The topological polar surface area (TPSA) is 61.1 Å². The molecule has 3 heteroatoms. The van der Waals surface area contributed by atoms with Gasteiger partial charge in [0.25, 0.3) is 0 Å². The first kappa shape index (κ1) is 13.6. The van der Waals surface area contributed by atoms with Gasteiger partial charge in [-0.25, -0.2) is 0 Å². The van der Waals surface area contributed by atoms with Crippen LogP contribution in [0.5, 0.6) is 5.75 Å². The van der Waals surface area contributed by atoms with E-state index in [1.54, 1.807) is 18.2 Å². The van der Waals surface area contributed by atoms with Gasteiger partial charge in [-0.05, 0) is 37.0 Å². The van der Waals surface area contributed by atoms with Gasteiger partial charge in [-0.3, -0.25) is 4.79 Å². The molecule has 2 rings (SSSR count). The zero-order valence-electron chi connectivity index (χ0n) is 11.4. The number of aromatic hydroxyl groups is 1. The summed E-state index contributed by atoms with van der Waals surface area (Å²) in [6, 6.07) is 9.08. The van der Waals surface area contributed by atoms with Crippen molar-refractivity contribution in [1.82, 2.24) is 0 Å². The van der Waals surface area contributed by atoms with E-state index in [0.29, 0.717) is 12.8 Å². The Kier molecular flexibility index (Phi) is 3.36. The van der Waals surface area contributed by atoms with Gasteiger partial charge in [0.2, 0.25) is 0 Å². The predicted octanol–water partition coefficient (Wildman–Crippen LogP) is 3.22. The highest BCUT2D eigenvalue weighted by Gasteiger charge is 2.48. The maximum Gasteiger partial charge on any atom is 0.158 e. The number of carbonyl (C=O) groups is 1. The lowest BCUT2D eigenvalue weighted by Crippen LogP contribution is -2.45. The number of phenols is 1. The second kappa shape index (κ2) is 4.70. The van der Waals surface area contributed by atoms with Crippen molar-refractivity contribution >= 4 is 5.78 Å². The van der Waals surface area contributed by atoms with Crippen LogP contribution in [0.3, 0.4) is 0 Å². The summed E-state index contributed by atoms with van der Waals surface area (Å²) in [6.45, 7) is 3.84. The first-order valence-electron chi connectivity index (χ1n) is 6.64. The molecular formula is C16H19NO2. The second-order valence-corrected chi connectivity index (χ2v) is 6.11. The quantitative estimate of drug-likeness (QED) is 0.884. The van der Waals surface area contributed by atoms with Crippen LogP contribution in [0.1, 0.15) is 38.7 Å². The highest BCUT2D eigenvalue weighted by Crippen LogP contribution is 2.44. The molecule has 19 heavy (non-hydrogen) atoms. The van der Waals surface area contributed by atoms with Crippen LogP contribution in [0.25, 0.3) is 0 Å². The van der Waals surface area contributed by atoms with Crippen molar-refractivity contribution in [3.63, 3.8) is 0 Å². The van der Waals surface area contributed by atoms with Crippen LogP contribution >= 0.6 is 0 Å². The van der Waals surface area contributed by atoms with Crippen molar-refractivity contribution in [3.8, 4) is 11.8 Å². The Morgan fingerprint density at radius 2 is 2.11 bits per heavy atom. The number of carbonyl (C=O) groups excluding carboxylic acids is 1. The number of benzene rings is 1. The largest absolute Gasteiger partial charge is 0.508 e. The van der Waals surface area contributed by atoms with E-state index in [9.17, 15) is 15.2 Å². The first-order chi connectivity index (χ1) is 8.89. The molecule has 1 N–H and O–H groups in total. The first-order valence-corrected chi connectivity index (χ1v) is 6.64. The molecule has 3 nitrogen and oxygen atoms in total. The van der Waals surface area contributed by atoms with Crippen molar-refractivity contribution in [2.75, 3.05) is 0 Å². The SMILES string of the molecule is CC1(C)CCCC(C#N)(Cc2cccc(O)c2)C1=O. The fourth-order valence-corrected chi connectivity index (χ4v) is 3.04. The summed E-state index contributed by atoms with van der Waals surface area (Å²) >= 11 is 0. The van der Waals surface area contributed by atoms with Crippen LogP contribution in [0.2, 0.25) is 0 Å². The molecule has 100 valence electrons. The number of nitrogens with zero attached hydrogens (tertiary/aromatic N) is 1. The molecular weight excluding hydrogens is 238 g/mol. The van der Waals surface area contributed by atoms with E-state index in [2.05, 4.69) is 6.07 Å². The Labute approximate surface area is 113 Å². The molecule has 0 aromatic heterocycles. The number of hydrogen-bond acceptors (Lipinski definition) is 3. The third-order valence-electron chi connectivity index (χ3n) is 4.09. The summed E-state index contributed by atoms with van der Waals surface area (Å²) in [5.41, 5.74) is -0.520. The minimum absolute atomic E-state index is 0.0390. The van der Waals surface area contributed by atoms with Crippen molar-refractivity contribution in [2.24, 2.45) is 10.8 Å². The van der Waals surface area contributed by atoms with Gasteiger partial charge in [0.15, 0.2) is 5.78 Å². The van der Waals surface area contributed by atoms with Gasteiger partial charge in [0.05, 0.1) is 6.07 Å². The Balaban J connectivity index is 2.34. The average molecular weight is 257 g/mol. The maximum absolute atomic E-state index is 12.6. The van der Waals surface area contributed by atoms with Crippen molar-refractivity contribution in [3.05, 3.63) is 29.8 Å². The van der Waals surface area contributed by atoms with Crippen molar-refractivity contribution < 1.29 is 9.90 Å². The molecule has 0 saturated heterocycles. The van der Waals surface area contributed by atoms with Crippen LogP contribution in [-0.4, -0.2) is 10.9 Å². The van der Waals surface area contributed by atoms with E-state index in [4.69, 9.17) is 0 Å². The lowest BCUT2D eigenvalue weighted by molar-refractivity contribution is -0.138. The molecule has 0 heterocycles. The van der Waals surface area contributed by atoms with Crippen LogP contribution in [0.4, 0.5) is 0 Å². The molecule has 0 bridgehead atoms. The summed E-state index contributed by atoms with van der Waals surface area (Å²) in [5.74, 6) is 0.213. The summed E-state index contributed by atoms with van der Waals surface area (Å²) in [4.78, 5) is 12.6. The minimum atomic E-state index is -0.935. The monoisotopic (exact) mass is 257 g/mol. The second-order valence-electron chi connectivity index (χ2n) is 6.11. The lowest BCUT2D eigenvalue weighted by Gasteiger charge is -2.39. The highest BCUT2D eigenvalue weighted by molar-refractivity contribution is 5.93. The van der Waals surface area contributed by atoms with Crippen LogP contribution in [0, 0.1) is 22.2 Å². The standard InChI is InChI=1S/C16H19NO2/c1-15(2)7-4-8-16(11-17,14(15)19)10-12-5-3-6-13(18)9-12/h3,5-6,9,18H,4,7-8,10H2,1-2H3. The van der Waals surface area contributed by atoms with Crippen LogP contribution < -0.4 is 0 Å². The fourth-order valence-electron chi connectivity index (χ4n) is 3.04. The van der Waals surface area contributed by atoms with E-state index in [-0.39, 0.29) is 11.5 Å². The smallest absolute Gasteiger partial charge is 0.158 e. The molecule has 0 aliphatic heterocycles. The summed E-state index contributed by atoms with van der Waals surface area (Å²) in [5, 5.41) is 19.0. The number of hydrogen-bond donors (Lipinski definition) is 1. The number of phenolic OH excluding ortho intramolecular Hbond substituents is 1. The van der Waals surface area contributed by atoms with Crippen molar-refractivity contribution in [2.45, 2.75) is 39.5 Å². The molecule has 1 aromatic rings. The molecule has 1 aliphatic rings. The van der Waals surface area contributed by atoms with Gasteiger partial charge in [-0.15, -0.1) is 0 Å². The van der Waals surface area contributed by atoms with E-state index < -0.39 is 10.8 Å². The zero-order chi connectivity index (χ0) is 14.1. The predicted molar refractivity (Wildman–Crippen MR) is 72.5 cm³/mol. The lowest BCUT2D eigenvalue weighted by atomic mass is 9.61. The van der Waals surface area contributed by atoms with Crippen LogP contribution in [-0.2, 0) is 11.2 Å². The van der Waals surface area contributed by atoms with E-state index in [1.165, 1.54) is 0 Å². The highest BCUT2D eigenvalue weighted by atomic mass is 16.3. The number of Topliss-reactive ketones (excluding diaryl/α,β-unsaturated/α-hetero) is 1. The minimum Gasteiger partial charge on any atom is -0.508 e. The molecule has 0 amide bonds. The van der Waals surface area contributed by atoms with E-state index in [1.807, 2.05) is 19.9 Å². The van der Waals surface area contributed by atoms with E-state index >= 15 is 0 Å². The Hall–Kier alpha value is -1.82. The van der Waals surface area contributed by atoms with Gasteiger partial charge in [0, 0.05) is 5.41 Å². The number of nitriles is 1. The van der Waals surface area contributed by atoms with Crippen molar-refractivity contribution in [1.29, 1.82) is 5.26 Å². The fraction of sp³-hybridized carbons (Fsp3) is 0.500. The summed E-state index contributed by atoms with van der Waals surface area (Å²) in [7, 11) is 0. The van der Waals surface area contributed by atoms with E-state index in [0.717, 1.165) is 18.4 Å². The molecule has 1 unspecified atom stereocenters. The van der Waals surface area contributed by atoms with Gasteiger partial charge in [-0.2, -0.15) is 5.26 Å². The molecule has 1 aliphatic carbocycles. The molecule has 1 atom stereocenters. The zero-order valence-corrected chi connectivity index (χ0v) is 11.4.